The highest BCUT2D eigenvalue weighted by Crippen LogP contribution is 2.29. The minimum absolute atomic E-state index is 0.149. The average Bonchev–Trinajstić information content (AvgIpc) is 2.80. The number of benzene rings is 2. The second-order valence-corrected chi connectivity index (χ2v) is 7.73. The number of fused-ring (bicyclic) bond motifs is 1. The van der Waals surface area contributed by atoms with Crippen molar-refractivity contribution in [3.8, 4) is 11.8 Å². The van der Waals surface area contributed by atoms with Crippen molar-refractivity contribution < 1.29 is 9.84 Å². The Hall–Kier alpha value is -2.85. The first-order chi connectivity index (χ1) is 15.1. The molecule has 0 aliphatic carbocycles. The maximum absolute atomic E-state index is 9.36. The van der Waals surface area contributed by atoms with Gasteiger partial charge in [-0.05, 0) is 48.7 Å². The van der Waals surface area contributed by atoms with Gasteiger partial charge in [0.1, 0.15) is 5.75 Å². The molecular formula is C24H27ClN4O2. The largest absolute Gasteiger partial charge is 0.495 e. The SMILES string of the molecule is CCC(CCO)NCc1cnc2ccc(C#N)cc2c1NCc1ccc(OC)c(Cl)c1. The Labute approximate surface area is 187 Å². The van der Waals surface area contributed by atoms with E-state index in [4.69, 9.17) is 16.3 Å². The number of anilines is 1. The Morgan fingerprint density at radius 2 is 2.06 bits per heavy atom. The molecule has 0 aliphatic heterocycles. The molecule has 3 rings (SSSR count). The minimum Gasteiger partial charge on any atom is -0.495 e. The zero-order valence-corrected chi connectivity index (χ0v) is 18.5. The normalized spacial score (nSPS) is 11.8. The summed E-state index contributed by atoms with van der Waals surface area (Å²) in [4.78, 5) is 4.58. The zero-order valence-electron chi connectivity index (χ0n) is 17.8. The number of hydrogen-bond acceptors (Lipinski definition) is 6. The van der Waals surface area contributed by atoms with Crippen molar-refractivity contribution in [3.63, 3.8) is 0 Å². The maximum Gasteiger partial charge on any atom is 0.137 e. The molecule has 0 aliphatic rings. The molecule has 0 bridgehead atoms. The molecule has 0 spiro atoms. The number of halogens is 1. The lowest BCUT2D eigenvalue weighted by Gasteiger charge is -2.19. The number of aliphatic hydroxyl groups excluding tert-OH is 1. The number of ether oxygens (including phenoxy) is 1. The smallest absolute Gasteiger partial charge is 0.137 e. The number of aromatic nitrogens is 1. The van der Waals surface area contributed by atoms with Crippen molar-refractivity contribution in [2.75, 3.05) is 19.0 Å². The van der Waals surface area contributed by atoms with Crippen molar-refractivity contribution in [1.82, 2.24) is 10.3 Å². The number of aliphatic hydroxyl groups is 1. The molecule has 1 heterocycles. The fraction of sp³-hybridized carbons (Fsp3) is 0.333. The Kier molecular flexibility index (Phi) is 8.07. The highest BCUT2D eigenvalue weighted by molar-refractivity contribution is 6.32. The van der Waals surface area contributed by atoms with Crippen molar-refractivity contribution in [2.45, 2.75) is 38.9 Å². The summed E-state index contributed by atoms with van der Waals surface area (Å²) in [6, 6.07) is 13.6. The van der Waals surface area contributed by atoms with Crippen molar-refractivity contribution in [3.05, 3.63) is 64.3 Å². The first kappa shape index (κ1) is 22.8. The average molecular weight is 439 g/mol. The molecular weight excluding hydrogens is 412 g/mol. The summed E-state index contributed by atoms with van der Waals surface area (Å²) in [5, 5.41) is 27.1. The van der Waals surface area contributed by atoms with Crippen LogP contribution in [-0.2, 0) is 13.1 Å². The summed E-state index contributed by atoms with van der Waals surface area (Å²) < 4.78 is 5.23. The first-order valence-electron chi connectivity index (χ1n) is 10.3. The van der Waals surface area contributed by atoms with Gasteiger partial charge < -0.3 is 20.5 Å². The number of rotatable bonds is 10. The van der Waals surface area contributed by atoms with Gasteiger partial charge in [0.15, 0.2) is 0 Å². The number of pyridine rings is 1. The fourth-order valence-corrected chi connectivity index (χ4v) is 3.80. The summed E-state index contributed by atoms with van der Waals surface area (Å²) in [5.41, 5.74) is 4.35. The lowest BCUT2D eigenvalue weighted by molar-refractivity contribution is 0.262. The number of nitrogens with zero attached hydrogens (tertiary/aromatic N) is 2. The molecule has 0 radical (unpaired) electrons. The van der Waals surface area contributed by atoms with Gasteiger partial charge in [0.25, 0.3) is 0 Å². The van der Waals surface area contributed by atoms with E-state index >= 15 is 0 Å². The van der Waals surface area contributed by atoms with Crippen LogP contribution in [0.15, 0.2) is 42.6 Å². The predicted molar refractivity (Wildman–Crippen MR) is 124 cm³/mol. The van der Waals surface area contributed by atoms with Gasteiger partial charge >= 0.3 is 0 Å². The molecule has 1 aromatic heterocycles. The number of methoxy groups -OCH3 is 1. The summed E-state index contributed by atoms with van der Waals surface area (Å²) in [6.07, 6.45) is 3.48. The molecule has 0 amide bonds. The highest BCUT2D eigenvalue weighted by Gasteiger charge is 2.13. The van der Waals surface area contributed by atoms with Crippen LogP contribution in [0.25, 0.3) is 10.9 Å². The lowest BCUT2D eigenvalue weighted by atomic mass is 10.1. The highest BCUT2D eigenvalue weighted by atomic mass is 35.5. The zero-order chi connectivity index (χ0) is 22.2. The molecule has 0 saturated carbocycles. The van der Waals surface area contributed by atoms with E-state index in [0.29, 0.717) is 35.8 Å². The van der Waals surface area contributed by atoms with E-state index in [1.165, 1.54) is 0 Å². The van der Waals surface area contributed by atoms with E-state index in [1.54, 1.807) is 13.2 Å². The van der Waals surface area contributed by atoms with E-state index in [1.807, 2.05) is 36.5 Å². The van der Waals surface area contributed by atoms with Crippen LogP contribution in [0.3, 0.4) is 0 Å². The van der Waals surface area contributed by atoms with Gasteiger partial charge in [-0.3, -0.25) is 4.98 Å². The quantitative estimate of drug-likeness (QED) is 0.427. The minimum atomic E-state index is 0.149. The van der Waals surface area contributed by atoms with Crippen LogP contribution in [0.5, 0.6) is 5.75 Å². The summed E-state index contributed by atoms with van der Waals surface area (Å²) in [7, 11) is 1.59. The second kappa shape index (κ2) is 11.0. The van der Waals surface area contributed by atoms with Gasteiger partial charge in [-0.1, -0.05) is 24.6 Å². The molecule has 0 saturated heterocycles. The third-order valence-corrected chi connectivity index (χ3v) is 5.61. The molecule has 1 atom stereocenters. The van der Waals surface area contributed by atoms with Crippen molar-refractivity contribution >= 4 is 28.2 Å². The van der Waals surface area contributed by atoms with E-state index in [0.717, 1.165) is 34.1 Å². The van der Waals surface area contributed by atoms with Crippen molar-refractivity contribution in [1.29, 1.82) is 5.26 Å². The van der Waals surface area contributed by atoms with Crippen LogP contribution in [0.1, 0.15) is 36.5 Å². The van der Waals surface area contributed by atoms with Gasteiger partial charge in [-0.25, -0.2) is 0 Å². The van der Waals surface area contributed by atoms with Crippen molar-refractivity contribution in [2.24, 2.45) is 0 Å². The number of nitriles is 1. The second-order valence-electron chi connectivity index (χ2n) is 7.32. The molecule has 3 N–H and O–H groups in total. The van der Waals surface area contributed by atoms with Gasteiger partial charge in [-0.2, -0.15) is 5.26 Å². The monoisotopic (exact) mass is 438 g/mol. The van der Waals surface area contributed by atoms with Crippen LogP contribution >= 0.6 is 11.6 Å². The molecule has 0 fully saturated rings. The van der Waals surface area contributed by atoms with E-state index in [-0.39, 0.29) is 12.6 Å². The number of nitrogens with one attached hydrogen (secondary N) is 2. The van der Waals surface area contributed by atoms with E-state index in [9.17, 15) is 10.4 Å². The van der Waals surface area contributed by atoms with Gasteiger partial charge in [0, 0.05) is 48.6 Å². The van der Waals surface area contributed by atoms with Crippen LogP contribution in [-0.4, -0.2) is 29.8 Å². The molecule has 6 nitrogen and oxygen atoms in total. The fourth-order valence-electron chi connectivity index (χ4n) is 3.52. The topological polar surface area (TPSA) is 90.2 Å². The number of hydrogen-bond donors (Lipinski definition) is 3. The van der Waals surface area contributed by atoms with Gasteiger partial charge in [0.05, 0.1) is 29.3 Å². The van der Waals surface area contributed by atoms with Crippen LogP contribution in [0, 0.1) is 11.3 Å². The summed E-state index contributed by atoms with van der Waals surface area (Å²) >= 11 is 6.28. The molecule has 3 aromatic rings. The standard InChI is InChI=1S/C24H27ClN4O2/c1-3-19(8-9-30)27-14-18-15-28-22-6-4-16(12-26)10-20(22)24(18)29-13-17-5-7-23(31-2)21(25)11-17/h4-7,10-11,15,19,27,30H,3,8-9,13-14H2,1-2H3,(H,28,29). The Balaban J connectivity index is 1.92. The lowest BCUT2D eigenvalue weighted by Crippen LogP contribution is -2.29. The van der Waals surface area contributed by atoms with Gasteiger partial charge in [-0.15, -0.1) is 0 Å². The Morgan fingerprint density at radius 1 is 1.23 bits per heavy atom. The third kappa shape index (κ3) is 5.65. The first-order valence-corrected chi connectivity index (χ1v) is 10.7. The molecule has 7 heteroatoms. The van der Waals surface area contributed by atoms with Gasteiger partial charge in [0.2, 0.25) is 0 Å². The molecule has 1 unspecified atom stereocenters. The summed E-state index contributed by atoms with van der Waals surface area (Å²) in [6.45, 7) is 3.40. The predicted octanol–water partition coefficient (Wildman–Crippen LogP) is 4.63. The third-order valence-electron chi connectivity index (χ3n) is 5.31. The van der Waals surface area contributed by atoms with Crippen LogP contribution in [0.4, 0.5) is 5.69 Å². The molecule has 2 aromatic carbocycles. The molecule has 162 valence electrons. The summed E-state index contributed by atoms with van der Waals surface area (Å²) in [5.74, 6) is 0.637. The molecule has 31 heavy (non-hydrogen) atoms. The maximum atomic E-state index is 9.36. The Morgan fingerprint density at radius 3 is 2.74 bits per heavy atom. The van der Waals surface area contributed by atoms with E-state index < -0.39 is 0 Å². The van der Waals surface area contributed by atoms with E-state index in [2.05, 4.69) is 28.6 Å². The Bertz CT molecular complexity index is 1080. The van der Waals surface area contributed by atoms with Crippen LogP contribution < -0.4 is 15.4 Å². The van der Waals surface area contributed by atoms with Crippen LogP contribution in [0.2, 0.25) is 5.02 Å².